The van der Waals surface area contributed by atoms with Gasteiger partial charge in [0, 0.05) is 31.5 Å². The van der Waals surface area contributed by atoms with Crippen LogP contribution in [0.2, 0.25) is 0 Å². The van der Waals surface area contributed by atoms with Crippen LogP contribution in [0.25, 0.3) is 0 Å². The summed E-state index contributed by atoms with van der Waals surface area (Å²) in [5, 5.41) is 6.36. The van der Waals surface area contributed by atoms with E-state index in [1.54, 1.807) is 0 Å². The van der Waals surface area contributed by atoms with Gasteiger partial charge >= 0.3 is 0 Å². The van der Waals surface area contributed by atoms with E-state index in [0.717, 1.165) is 44.1 Å². The van der Waals surface area contributed by atoms with Gasteiger partial charge in [0.25, 0.3) is 0 Å². The number of methoxy groups -OCH3 is 1. The predicted molar refractivity (Wildman–Crippen MR) is 109 cm³/mol. The molecule has 1 amide bonds. The number of amides is 1. The van der Waals surface area contributed by atoms with Gasteiger partial charge < -0.3 is 15.4 Å². The minimum atomic E-state index is -0.507. The first-order valence-electron chi connectivity index (χ1n) is 12.0. The number of hydrogen-bond donors (Lipinski definition) is 2. The topological polar surface area (TPSA) is 68.8 Å². The molecule has 0 spiro atoms. The van der Waals surface area contributed by atoms with E-state index in [1.807, 2.05) is 7.11 Å². The van der Waals surface area contributed by atoms with E-state index in [0.29, 0.717) is 30.3 Å². The lowest BCUT2D eigenvalue weighted by molar-refractivity contribution is -0.485. The average Bonchev–Trinajstić information content (AvgIpc) is 3.56. The molecule has 6 aliphatic rings. The van der Waals surface area contributed by atoms with E-state index in [4.69, 9.17) is 14.5 Å². The highest BCUT2D eigenvalue weighted by atomic mass is 17.2. The highest BCUT2D eigenvalue weighted by molar-refractivity contribution is 5.78. The van der Waals surface area contributed by atoms with Gasteiger partial charge in [-0.05, 0) is 88.4 Å². The largest absolute Gasteiger partial charge is 0.355 e. The Morgan fingerprint density at radius 1 is 0.931 bits per heavy atom. The van der Waals surface area contributed by atoms with Gasteiger partial charge in [-0.3, -0.25) is 4.79 Å². The van der Waals surface area contributed by atoms with Crippen molar-refractivity contribution in [1.29, 1.82) is 0 Å². The maximum absolute atomic E-state index is 11.9. The molecule has 29 heavy (non-hydrogen) atoms. The van der Waals surface area contributed by atoms with Crippen LogP contribution < -0.4 is 10.6 Å². The lowest BCUT2D eigenvalue weighted by Gasteiger charge is -2.58. The van der Waals surface area contributed by atoms with Crippen LogP contribution >= 0.6 is 0 Å². The van der Waals surface area contributed by atoms with Crippen molar-refractivity contribution in [3.8, 4) is 0 Å². The fraction of sp³-hybridized carbons (Fsp3) is 0.957. The second-order valence-electron chi connectivity index (χ2n) is 10.5. The second kappa shape index (κ2) is 8.45. The maximum atomic E-state index is 11.9. The molecule has 0 aromatic rings. The zero-order valence-electron chi connectivity index (χ0n) is 17.9. The van der Waals surface area contributed by atoms with E-state index in [9.17, 15) is 4.79 Å². The predicted octanol–water partition coefficient (Wildman–Crippen LogP) is 3.16. The summed E-state index contributed by atoms with van der Waals surface area (Å²) in [7, 11) is 1.81. The number of ether oxygens (including phenoxy) is 1. The van der Waals surface area contributed by atoms with Crippen molar-refractivity contribution in [2.24, 2.45) is 29.6 Å². The Morgan fingerprint density at radius 2 is 1.59 bits per heavy atom. The Kier molecular flexibility index (Phi) is 5.89. The molecular weight excluding hydrogens is 368 g/mol. The number of rotatable bonds is 9. The molecule has 0 saturated heterocycles. The smallest absolute Gasteiger partial charge is 0.233 e. The molecule has 6 aliphatic carbocycles. The summed E-state index contributed by atoms with van der Waals surface area (Å²) in [5.74, 6) is 2.94. The van der Waals surface area contributed by atoms with Crippen LogP contribution in [0.3, 0.4) is 0 Å². The fourth-order valence-corrected chi connectivity index (χ4v) is 6.77. The zero-order chi connectivity index (χ0) is 19.8. The molecule has 6 heteroatoms. The highest BCUT2D eigenvalue weighted by Crippen LogP contribution is 2.60. The first kappa shape index (κ1) is 20.2. The molecular formula is C23H38N2O4. The van der Waals surface area contributed by atoms with Gasteiger partial charge in [-0.1, -0.05) is 0 Å². The van der Waals surface area contributed by atoms with Gasteiger partial charge in [0.15, 0.2) is 0 Å². The molecule has 2 N–H and O–H groups in total. The van der Waals surface area contributed by atoms with Crippen LogP contribution in [0.1, 0.15) is 70.6 Å². The van der Waals surface area contributed by atoms with E-state index >= 15 is 0 Å². The Labute approximate surface area is 174 Å². The highest BCUT2D eigenvalue weighted by Gasteiger charge is 2.60. The lowest BCUT2D eigenvalue weighted by Crippen LogP contribution is -2.60. The minimum Gasteiger partial charge on any atom is -0.355 e. The first-order chi connectivity index (χ1) is 14.1. The standard InChI is InChI=1S/C23H38N2O4/c1-27-23(18-9-16-8-17(11-18)12-19(23)10-16)29-28-21-6-2-15(3-7-21)13-25-22(26)14-24-20-4-5-20/h15-21,24H,2-14H2,1H3,(H,25,26). The van der Waals surface area contributed by atoms with Crippen LogP contribution in [-0.2, 0) is 19.3 Å². The summed E-state index contributed by atoms with van der Waals surface area (Å²) in [4.78, 5) is 24.1. The zero-order valence-corrected chi connectivity index (χ0v) is 17.9. The minimum absolute atomic E-state index is 0.127. The van der Waals surface area contributed by atoms with Crippen molar-refractivity contribution in [2.45, 2.75) is 88.6 Å². The van der Waals surface area contributed by atoms with Crippen molar-refractivity contribution in [2.75, 3.05) is 20.2 Å². The summed E-state index contributed by atoms with van der Waals surface area (Å²) in [6.07, 6.45) is 13.1. The molecule has 6 saturated carbocycles. The molecule has 6 rings (SSSR count). The van der Waals surface area contributed by atoms with Crippen molar-refractivity contribution in [3.63, 3.8) is 0 Å². The third-order valence-electron chi connectivity index (χ3n) is 8.42. The van der Waals surface area contributed by atoms with E-state index in [2.05, 4.69) is 10.6 Å². The molecule has 0 aromatic carbocycles. The quantitative estimate of drug-likeness (QED) is 0.350. The lowest BCUT2D eigenvalue weighted by atomic mass is 9.53. The summed E-state index contributed by atoms with van der Waals surface area (Å²) in [6.45, 7) is 1.24. The normalized spacial score (nSPS) is 43.5. The number of carbonyl (C=O) groups excluding carboxylic acids is 1. The number of carbonyl (C=O) groups is 1. The van der Waals surface area contributed by atoms with Gasteiger partial charge in [-0.2, -0.15) is 0 Å². The van der Waals surface area contributed by atoms with Crippen LogP contribution in [0.4, 0.5) is 0 Å². The Balaban J connectivity index is 1.04. The van der Waals surface area contributed by atoms with Gasteiger partial charge in [-0.25, -0.2) is 9.78 Å². The van der Waals surface area contributed by atoms with E-state index in [1.165, 1.54) is 44.9 Å². The van der Waals surface area contributed by atoms with E-state index in [-0.39, 0.29) is 12.0 Å². The molecule has 0 aromatic heterocycles. The van der Waals surface area contributed by atoms with Crippen molar-refractivity contribution in [3.05, 3.63) is 0 Å². The van der Waals surface area contributed by atoms with Gasteiger partial charge in [0.2, 0.25) is 11.7 Å². The second-order valence-corrected chi connectivity index (χ2v) is 10.5. The molecule has 0 heterocycles. The van der Waals surface area contributed by atoms with Gasteiger partial charge in [-0.15, -0.1) is 0 Å². The van der Waals surface area contributed by atoms with Gasteiger partial charge in [0.05, 0.1) is 12.6 Å². The molecule has 0 aliphatic heterocycles. The monoisotopic (exact) mass is 406 g/mol. The van der Waals surface area contributed by atoms with Crippen molar-refractivity contribution >= 4 is 5.91 Å². The fourth-order valence-electron chi connectivity index (χ4n) is 6.77. The molecule has 0 unspecified atom stereocenters. The van der Waals surface area contributed by atoms with Crippen molar-refractivity contribution < 1.29 is 19.3 Å². The van der Waals surface area contributed by atoms with Gasteiger partial charge in [0.1, 0.15) is 0 Å². The molecule has 6 nitrogen and oxygen atoms in total. The average molecular weight is 407 g/mol. The van der Waals surface area contributed by atoms with Crippen LogP contribution in [0, 0.1) is 29.6 Å². The van der Waals surface area contributed by atoms with Crippen LogP contribution in [0.5, 0.6) is 0 Å². The molecule has 4 bridgehead atoms. The maximum Gasteiger partial charge on any atom is 0.233 e. The SMILES string of the molecule is COC1(OOC2CCC(CNC(=O)CNC3CC3)CC2)C2CC3CC(C2)CC1C3. The summed E-state index contributed by atoms with van der Waals surface area (Å²) < 4.78 is 6.04. The van der Waals surface area contributed by atoms with E-state index < -0.39 is 5.79 Å². The number of nitrogens with one attached hydrogen (secondary N) is 2. The van der Waals surface area contributed by atoms with Crippen molar-refractivity contribution in [1.82, 2.24) is 10.6 Å². The third-order valence-corrected chi connectivity index (χ3v) is 8.42. The summed E-state index contributed by atoms with van der Waals surface area (Å²) in [5.41, 5.74) is 0. The van der Waals surface area contributed by atoms with Crippen LogP contribution in [0.15, 0.2) is 0 Å². The Hall–Kier alpha value is -0.690. The molecule has 6 fully saturated rings. The van der Waals surface area contributed by atoms with Crippen LogP contribution in [-0.4, -0.2) is 44.0 Å². The Bertz CT molecular complexity index is 557. The summed E-state index contributed by atoms with van der Waals surface area (Å²) >= 11 is 0. The molecule has 164 valence electrons. The molecule has 0 atom stereocenters. The Morgan fingerprint density at radius 3 is 2.17 bits per heavy atom. The number of hydrogen-bond acceptors (Lipinski definition) is 5. The first-order valence-corrected chi connectivity index (χ1v) is 12.0. The third kappa shape index (κ3) is 4.36. The molecule has 0 radical (unpaired) electrons. The summed E-state index contributed by atoms with van der Waals surface area (Å²) in [6, 6.07) is 0.582.